The molecule has 0 aliphatic carbocycles. The van der Waals surface area contributed by atoms with Crippen molar-refractivity contribution in [3.63, 3.8) is 0 Å². The van der Waals surface area contributed by atoms with Crippen molar-refractivity contribution in [3.8, 4) is 0 Å². The molecule has 7 nitrogen and oxygen atoms in total. The fourth-order valence-corrected chi connectivity index (χ4v) is 3.02. The summed E-state index contributed by atoms with van der Waals surface area (Å²) in [4.78, 5) is 19.1. The zero-order valence-electron chi connectivity index (χ0n) is 11.0. The Morgan fingerprint density at radius 1 is 1.45 bits per heavy atom. The molecule has 0 saturated carbocycles. The quantitative estimate of drug-likeness (QED) is 0.661. The van der Waals surface area contributed by atoms with Crippen LogP contribution in [0.15, 0.2) is 12.3 Å². The third-order valence-corrected chi connectivity index (χ3v) is 4.22. The number of rotatable bonds is 4. The van der Waals surface area contributed by atoms with Crippen LogP contribution >= 0.6 is 11.6 Å². The second-order valence-electron chi connectivity index (χ2n) is 5.15. The topological polar surface area (TPSA) is 74.5 Å². The van der Waals surface area contributed by atoms with Crippen LogP contribution in [0.5, 0.6) is 0 Å². The van der Waals surface area contributed by atoms with E-state index in [-0.39, 0.29) is 10.7 Å². The van der Waals surface area contributed by atoms with Crippen molar-refractivity contribution in [1.82, 2.24) is 14.8 Å². The number of hydrogen-bond acceptors (Lipinski definition) is 6. The third-order valence-electron chi connectivity index (χ3n) is 3.93. The molecule has 3 fully saturated rings. The van der Waals surface area contributed by atoms with Crippen molar-refractivity contribution in [2.24, 2.45) is 0 Å². The van der Waals surface area contributed by atoms with Gasteiger partial charge in [-0.1, -0.05) is 11.6 Å². The summed E-state index contributed by atoms with van der Waals surface area (Å²) >= 11 is 6.02. The van der Waals surface area contributed by atoms with Crippen molar-refractivity contribution in [3.05, 3.63) is 27.4 Å². The largest absolute Gasteiger partial charge is 0.367 e. The zero-order chi connectivity index (χ0) is 14.1. The third kappa shape index (κ3) is 2.70. The predicted octanol–water partition coefficient (Wildman–Crippen LogP) is 1.05. The van der Waals surface area contributed by atoms with Crippen LogP contribution in [0.1, 0.15) is 0 Å². The first-order valence-electron chi connectivity index (χ1n) is 6.63. The van der Waals surface area contributed by atoms with E-state index in [1.165, 1.54) is 12.3 Å². The number of anilines is 1. The van der Waals surface area contributed by atoms with Gasteiger partial charge in [0, 0.05) is 51.4 Å². The van der Waals surface area contributed by atoms with Crippen LogP contribution in [0.4, 0.5) is 11.5 Å². The Morgan fingerprint density at radius 2 is 2.20 bits per heavy atom. The summed E-state index contributed by atoms with van der Waals surface area (Å²) in [5.74, 6) is 0.509. The summed E-state index contributed by atoms with van der Waals surface area (Å²) in [5.41, 5.74) is -0.0906. The molecule has 1 N–H and O–H groups in total. The lowest BCUT2D eigenvalue weighted by Crippen LogP contribution is -2.62. The molecule has 2 bridgehead atoms. The minimum atomic E-state index is -0.498. The van der Waals surface area contributed by atoms with Gasteiger partial charge in [-0.3, -0.25) is 19.9 Å². The van der Waals surface area contributed by atoms with E-state index < -0.39 is 4.92 Å². The number of aromatic nitrogens is 1. The van der Waals surface area contributed by atoms with Crippen molar-refractivity contribution in [2.45, 2.75) is 6.04 Å². The van der Waals surface area contributed by atoms with E-state index in [1.54, 1.807) is 0 Å². The fourth-order valence-electron chi connectivity index (χ4n) is 2.79. The number of pyridine rings is 1. The van der Waals surface area contributed by atoms with Crippen molar-refractivity contribution < 1.29 is 4.92 Å². The molecule has 3 aliphatic heterocycles. The monoisotopic (exact) mass is 297 g/mol. The Balaban J connectivity index is 1.62. The van der Waals surface area contributed by atoms with Gasteiger partial charge in [0.15, 0.2) is 0 Å². The summed E-state index contributed by atoms with van der Waals surface area (Å²) in [6, 6.07) is 1.78. The van der Waals surface area contributed by atoms with Gasteiger partial charge in [0.25, 0.3) is 5.69 Å². The highest BCUT2D eigenvalue weighted by molar-refractivity contribution is 6.33. The van der Waals surface area contributed by atoms with Crippen LogP contribution in [-0.4, -0.2) is 65.0 Å². The maximum Gasteiger partial charge on any atom is 0.289 e. The molecule has 20 heavy (non-hydrogen) atoms. The van der Waals surface area contributed by atoms with E-state index in [0.29, 0.717) is 11.9 Å². The molecule has 1 aromatic rings. The number of piperazine rings is 3. The Morgan fingerprint density at radius 3 is 2.75 bits per heavy atom. The molecule has 3 aliphatic rings. The van der Waals surface area contributed by atoms with Crippen LogP contribution in [0.3, 0.4) is 0 Å². The number of halogens is 1. The van der Waals surface area contributed by atoms with E-state index in [1.807, 2.05) is 0 Å². The van der Waals surface area contributed by atoms with Crippen LogP contribution in [0.25, 0.3) is 0 Å². The lowest BCUT2D eigenvalue weighted by Gasteiger charge is -2.47. The molecule has 4 heterocycles. The highest BCUT2D eigenvalue weighted by atomic mass is 35.5. The number of hydrogen-bond donors (Lipinski definition) is 1. The van der Waals surface area contributed by atoms with Gasteiger partial charge >= 0.3 is 0 Å². The van der Waals surface area contributed by atoms with Gasteiger partial charge < -0.3 is 5.32 Å². The lowest BCUT2D eigenvalue weighted by molar-refractivity contribution is -0.385. The number of nitrogens with one attached hydrogen (secondary N) is 1. The number of fused-ring (bicyclic) bond motifs is 3. The summed E-state index contributed by atoms with van der Waals surface area (Å²) in [6.45, 7) is 6.31. The second-order valence-corrected chi connectivity index (χ2v) is 5.56. The van der Waals surface area contributed by atoms with Gasteiger partial charge in [-0.25, -0.2) is 4.98 Å². The molecule has 1 unspecified atom stereocenters. The molecule has 3 saturated heterocycles. The minimum Gasteiger partial charge on any atom is -0.367 e. The van der Waals surface area contributed by atoms with Crippen molar-refractivity contribution >= 4 is 23.1 Å². The highest BCUT2D eigenvalue weighted by Gasteiger charge is 2.31. The lowest BCUT2D eigenvalue weighted by atomic mass is 10.1. The van der Waals surface area contributed by atoms with E-state index in [0.717, 1.165) is 39.3 Å². The normalized spacial score (nSPS) is 28.4. The Labute approximate surface area is 121 Å². The first kappa shape index (κ1) is 13.5. The SMILES string of the molecule is O=[N+]([O-])c1cnc(NCC2CN3CCN2CC3)c(Cl)c1. The van der Waals surface area contributed by atoms with Gasteiger partial charge in [-0.05, 0) is 0 Å². The Kier molecular flexibility index (Phi) is 3.73. The van der Waals surface area contributed by atoms with Crippen LogP contribution in [-0.2, 0) is 0 Å². The molecule has 0 spiro atoms. The average Bonchev–Trinajstić information content (AvgIpc) is 2.47. The molecule has 4 rings (SSSR count). The molecule has 108 valence electrons. The molecule has 0 amide bonds. The zero-order valence-corrected chi connectivity index (χ0v) is 11.7. The number of nitro groups is 1. The molecular weight excluding hydrogens is 282 g/mol. The highest BCUT2D eigenvalue weighted by Crippen LogP contribution is 2.24. The van der Waals surface area contributed by atoms with E-state index in [2.05, 4.69) is 20.1 Å². The first-order valence-corrected chi connectivity index (χ1v) is 7.01. The van der Waals surface area contributed by atoms with E-state index in [9.17, 15) is 10.1 Å². The van der Waals surface area contributed by atoms with E-state index >= 15 is 0 Å². The minimum absolute atomic E-state index is 0.0906. The van der Waals surface area contributed by atoms with Crippen LogP contribution in [0, 0.1) is 10.1 Å². The molecule has 1 atom stereocenters. The Bertz CT molecular complexity index is 519. The van der Waals surface area contributed by atoms with Gasteiger partial charge in [-0.2, -0.15) is 0 Å². The molecule has 1 aromatic heterocycles. The molecule has 0 radical (unpaired) electrons. The molecule has 0 aromatic carbocycles. The predicted molar refractivity (Wildman–Crippen MR) is 76.2 cm³/mol. The molecule has 8 heteroatoms. The van der Waals surface area contributed by atoms with Crippen molar-refractivity contribution in [2.75, 3.05) is 44.6 Å². The van der Waals surface area contributed by atoms with E-state index in [4.69, 9.17) is 11.6 Å². The van der Waals surface area contributed by atoms with Crippen molar-refractivity contribution in [1.29, 1.82) is 0 Å². The van der Waals surface area contributed by atoms with Gasteiger partial charge in [0.1, 0.15) is 12.0 Å². The second kappa shape index (κ2) is 5.51. The van der Waals surface area contributed by atoms with Gasteiger partial charge in [0.2, 0.25) is 0 Å². The Hall–Kier alpha value is -1.44. The summed E-state index contributed by atoms with van der Waals surface area (Å²) < 4.78 is 0. The maximum absolute atomic E-state index is 10.6. The number of nitrogens with zero attached hydrogens (tertiary/aromatic N) is 4. The summed E-state index contributed by atoms with van der Waals surface area (Å²) in [5, 5.41) is 14.1. The van der Waals surface area contributed by atoms with Crippen LogP contribution in [0.2, 0.25) is 5.02 Å². The standard InChI is InChI=1S/C12H16ClN5O2/c13-11-5-9(18(19)20)6-14-12(11)15-7-10-8-16-1-3-17(10)4-2-16/h5-6,10H,1-4,7-8H2,(H,14,15). The molecular formula is C12H16ClN5O2. The van der Waals surface area contributed by atoms with Gasteiger partial charge in [-0.15, -0.1) is 0 Å². The van der Waals surface area contributed by atoms with Crippen LogP contribution < -0.4 is 5.32 Å². The summed E-state index contributed by atoms with van der Waals surface area (Å²) in [7, 11) is 0. The first-order chi connectivity index (χ1) is 9.63. The summed E-state index contributed by atoms with van der Waals surface area (Å²) in [6.07, 6.45) is 1.23. The van der Waals surface area contributed by atoms with Gasteiger partial charge in [0.05, 0.1) is 9.95 Å². The maximum atomic E-state index is 10.6. The average molecular weight is 298 g/mol. The fraction of sp³-hybridized carbons (Fsp3) is 0.583. The smallest absolute Gasteiger partial charge is 0.289 e.